The first-order valence-electron chi connectivity index (χ1n) is 6.60. The third-order valence-electron chi connectivity index (χ3n) is 3.11. The SMILES string of the molecule is COc1cc(CCNS(=O)(=O)c2ccc(N)cc2)ccc1F. The van der Waals surface area contributed by atoms with Gasteiger partial charge in [0.2, 0.25) is 10.0 Å². The number of anilines is 1. The lowest BCUT2D eigenvalue weighted by atomic mass is 10.1. The van der Waals surface area contributed by atoms with Crippen LogP contribution in [0.1, 0.15) is 5.56 Å². The molecule has 0 unspecified atom stereocenters. The van der Waals surface area contributed by atoms with Crippen molar-refractivity contribution >= 4 is 15.7 Å². The smallest absolute Gasteiger partial charge is 0.240 e. The predicted molar refractivity (Wildman–Crippen MR) is 82.7 cm³/mol. The van der Waals surface area contributed by atoms with E-state index in [1.54, 1.807) is 12.1 Å². The molecule has 0 spiro atoms. The second-order valence-electron chi connectivity index (χ2n) is 4.69. The number of methoxy groups -OCH3 is 1. The quantitative estimate of drug-likeness (QED) is 0.796. The van der Waals surface area contributed by atoms with E-state index in [9.17, 15) is 12.8 Å². The second kappa shape index (κ2) is 6.76. The van der Waals surface area contributed by atoms with Crippen molar-refractivity contribution in [3.05, 3.63) is 53.8 Å². The van der Waals surface area contributed by atoms with Crippen LogP contribution in [0.25, 0.3) is 0 Å². The van der Waals surface area contributed by atoms with Gasteiger partial charge in [0.25, 0.3) is 0 Å². The van der Waals surface area contributed by atoms with Gasteiger partial charge in [0.05, 0.1) is 12.0 Å². The average molecular weight is 324 g/mol. The number of sulfonamides is 1. The minimum atomic E-state index is -3.58. The number of nitrogens with one attached hydrogen (secondary N) is 1. The summed E-state index contributed by atoms with van der Waals surface area (Å²) in [6, 6.07) is 10.4. The van der Waals surface area contributed by atoms with Crippen molar-refractivity contribution in [2.75, 3.05) is 19.4 Å². The van der Waals surface area contributed by atoms with E-state index in [-0.39, 0.29) is 17.2 Å². The van der Waals surface area contributed by atoms with Crippen LogP contribution in [0.3, 0.4) is 0 Å². The van der Waals surface area contributed by atoms with Gasteiger partial charge in [-0.05, 0) is 48.4 Å². The lowest BCUT2D eigenvalue weighted by molar-refractivity contribution is 0.386. The number of halogens is 1. The molecule has 5 nitrogen and oxygen atoms in total. The topological polar surface area (TPSA) is 81.4 Å². The van der Waals surface area contributed by atoms with Gasteiger partial charge in [0.15, 0.2) is 11.6 Å². The summed E-state index contributed by atoms with van der Waals surface area (Å²) >= 11 is 0. The molecule has 0 fully saturated rings. The molecule has 0 radical (unpaired) electrons. The molecule has 3 N–H and O–H groups in total. The van der Waals surface area contributed by atoms with Crippen LogP contribution in [0.5, 0.6) is 5.75 Å². The number of ether oxygens (including phenoxy) is 1. The van der Waals surface area contributed by atoms with Crippen molar-refractivity contribution in [1.82, 2.24) is 4.72 Å². The lowest BCUT2D eigenvalue weighted by Crippen LogP contribution is -2.26. The predicted octanol–water partition coefficient (Wildman–Crippen LogP) is 1.94. The highest BCUT2D eigenvalue weighted by Gasteiger charge is 2.13. The lowest BCUT2D eigenvalue weighted by Gasteiger charge is -2.08. The van der Waals surface area contributed by atoms with Gasteiger partial charge < -0.3 is 10.5 Å². The Bertz CT molecular complexity index is 746. The van der Waals surface area contributed by atoms with Gasteiger partial charge in [-0.15, -0.1) is 0 Å². The van der Waals surface area contributed by atoms with E-state index in [0.29, 0.717) is 12.1 Å². The maximum Gasteiger partial charge on any atom is 0.240 e. The van der Waals surface area contributed by atoms with Gasteiger partial charge in [-0.3, -0.25) is 0 Å². The zero-order valence-electron chi connectivity index (χ0n) is 12.0. The van der Waals surface area contributed by atoms with Gasteiger partial charge in [0, 0.05) is 12.2 Å². The van der Waals surface area contributed by atoms with Gasteiger partial charge in [-0.1, -0.05) is 6.07 Å². The number of nitrogens with two attached hydrogens (primary N) is 1. The molecule has 0 aromatic heterocycles. The summed E-state index contributed by atoms with van der Waals surface area (Å²) < 4.78 is 44.8. The molecule has 2 aromatic rings. The maximum absolute atomic E-state index is 13.3. The van der Waals surface area contributed by atoms with E-state index in [1.807, 2.05) is 0 Å². The van der Waals surface area contributed by atoms with Crippen molar-refractivity contribution in [1.29, 1.82) is 0 Å². The molecule has 2 rings (SSSR count). The van der Waals surface area contributed by atoms with Crippen LogP contribution in [0.15, 0.2) is 47.4 Å². The van der Waals surface area contributed by atoms with Crippen LogP contribution >= 0.6 is 0 Å². The molecule has 118 valence electrons. The second-order valence-corrected chi connectivity index (χ2v) is 6.45. The zero-order chi connectivity index (χ0) is 16.2. The minimum absolute atomic E-state index is 0.138. The van der Waals surface area contributed by atoms with Crippen molar-refractivity contribution < 1.29 is 17.5 Å². The normalized spacial score (nSPS) is 11.4. The van der Waals surface area contributed by atoms with Crippen molar-refractivity contribution in [3.8, 4) is 5.75 Å². The molecule has 2 aromatic carbocycles. The van der Waals surface area contributed by atoms with Crippen molar-refractivity contribution in [2.45, 2.75) is 11.3 Å². The Morgan fingerprint density at radius 1 is 1.18 bits per heavy atom. The molecule has 0 atom stereocenters. The third kappa shape index (κ3) is 3.96. The van der Waals surface area contributed by atoms with Crippen LogP contribution in [-0.4, -0.2) is 22.1 Å². The molecule has 22 heavy (non-hydrogen) atoms. The fraction of sp³-hybridized carbons (Fsp3) is 0.200. The molecule has 0 saturated heterocycles. The molecule has 0 saturated carbocycles. The van der Waals surface area contributed by atoms with Gasteiger partial charge in [-0.25, -0.2) is 17.5 Å². The van der Waals surface area contributed by atoms with E-state index < -0.39 is 15.8 Å². The number of rotatable bonds is 6. The van der Waals surface area contributed by atoms with E-state index in [1.165, 1.54) is 37.4 Å². The van der Waals surface area contributed by atoms with Crippen LogP contribution < -0.4 is 15.2 Å². The van der Waals surface area contributed by atoms with Crippen LogP contribution in [-0.2, 0) is 16.4 Å². The van der Waals surface area contributed by atoms with Crippen LogP contribution in [0.4, 0.5) is 10.1 Å². The van der Waals surface area contributed by atoms with Crippen LogP contribution in [0, 0.1) is 5.82 Å². The molecule has 0 amide bonds. The average Bonchev–Trinajstić information content (AvgIpc) is 2.49. The minimum Gasteiger partial charge on any atom is -0.494 e. The Kier molecular flexibility index (Phi) is 4.99. The van der Waals surface area contributed by atoms with Gasteiger partial charge in [0.1, 0.15) is 0 Å². The zero-order valence-corrected chi connectivity index (χ0v) is 12.9. The Hall–Kier alpha value is -2.12. The van der Waals surface area contributed by atoms with E-state index in [2.05, 4.69) is 4.72 Å². The first-order chi connectivity index (χ1) is 10.4. The highest BCUT2D eigenvalue weighted by Crippen LogP contribution is 2.18. The Labute approximate surface area is 129 Å². The fourth-order valence-corrected chi connectivity index (χ4v) is 2.95. The number of nitrogen functional groups attached to an aromatic ring is 1. The molecular formula is C15H17FN2O3S. The Morgan fingerprint density at radius 2 is 1.86 bits per heavy atom. The van der Waals surface area contributed by atoms with Crippen molar-refractivity contribution in [3.63, 3.8) is 0 Å². The Balaban J connectivity index is 1.99. The monoisotopic (exact) mass is 324 g/mol. The molecule has 0 aliphatic heterocycles. The number of benzene rings is 2. The summed E-state index contributed by atoms with van der Waals surface area (Å²) in [6.45, 7) is 0.196. The molecule has 0 bridgehead atoms. The first kappa shape index (κ1) is 16.3. The Morgan fingerprint density at radius 3 is 2.50 bits per heavy atom. The van der Waals surface area contributed by atoms with Crippen molar-refractivity contribution in [2.24, 2.45) is 0 Å². The molecular weight excluding hydrogens is 307 g/mol. The fourth-order valence-electron chi connectivity index (χ4n) is 1.92. The van der Waals surface area contributed by atoms with E-state index in [4.69, 9.17) is 10.5 Å². The highest BCUT2D eigenvalue weighted by atomic mass is 32.2. The summed E-state index contributed by atoms with van der Waals surface area (Å²) in [7, 11) is -2.20. The molecule has 7 heteroatoms. The summed E-state index contributed by atoms with van der Waals surface area (Å²) in [4.78, 5) is 0.151. The summed E-state index contributed by atoms with van der Waals surface area (Å²) in [5.74, 6) is -0.312. The summed E-state index contributed by atoms with van der Waals surface area (Å²) in [6.07, 6.45) is 0.421. The molecule has 0 aliphatic rings. The van der Waals surface area contributed by atoms with Crippen LogP contribution in [0.2, 0.25) is 0 Å². The summed E-state index contributed by atoms with van der Waals surface area (Å²) in [5, 5.41) is 0. The van der Waals surface area contributed by atoms with E-state index in [0.717, 1.165) is 5.56 Å². The molecule has 0 heterocycles. The number of hydrogen-bond acceptors (Lipinski definition) is 4. The van der Waals surface area contributed by atoms with E-state index >= 15 is 0 Å². The maximum atomic E-state index is 13.3. The number of hydrogen-bond donors (Lipinski definition) is 2. The highest BCUT2D eigenvalue weighted by molar-refractivity contribution is 7.89. The standard InChI is InChI=1S/C15H17FN2O3S/c1-21-15-10-11(2-7-14(15)16)8-9-18-22(19,20)13-5-3-12(17)4-6-13/h2-7,10,18H,8-9,17H2,1H3. The first-order valence-corrected chi connectivity index (χ1v) is 8.08. The third-order valence-corrected chi connectivity index (χ3v) is 4.59. The molecule has 0 aliphatic carbocycles. The van der Waals surface area contributed by atoms with Gasteiger partial charge in [-0.2, -0.15) is 0 Å². The largest absolute Gasteiger partial charge is 0.494 e. The summed E-state index contributed by atoms with van der Waals surface area (Å²) in [5.41, 5.74) is 6.80. The van der Waals surface area contributed by atoms with Gasteiger partial charge >= 0.3 is 0 Å².